The van der Waals surface area contributed by atoms with Crippen LogP contribution in [0.4, 0.5) is 0 Å². The minimum Gasteiger partial charge on any atom is -0.481 e. The number of aromatic nitrogens is 1. The molecule has 1 N–H and O–H groups in total. The van der Waals surface area contributed by atoms with Crippen molar-refractivity contribution in [1.82, 2.24) is 10.3 Å². The van der Waals surface area contributed by atoms with Gasteiger partial charge in [0.15, 0.2) is 0 Å². The second-order valence-electron chi connectivity index (χ2n) is 5.22. The molecule has 0 saturated carbocycles. The number of nitrogens with zero attached hydrogens (tertiary/aromatic N) is 1. The van der Waals surface area contributed by atoms with Crippen molar-refractivity contribution in [3.05, 3.63) is 23.9 Å². The first-order valence-corrected chi connectivity index (χ1v) is 5.66. The van der Waals surface area contributed by atoms with Crippen LogP contribution in [0.15, 0.2) is 18.3 Å². The van der Waals surface area contributed by atoms with Gasteiger partial charge in [0.1, 0.15) is 0 Å². The molecule has 94 valence electrons. The molecule has 0 aromatic carbocycles. The lowest BCUT2D eigenvalue weighted by Gasteiger charge is -2.17. The third-order valence-electron chi connectivity index (χ3n) is 2.19. The van der Waals surface area contributed by atoms with E-state index in [1.807, 2.05) is 32.9 Å². The molecule has 0 aliphatic heterocycles. The summed E-state index contributed by atoms with van der Waals surface area (Å²) >= 11 is 0. The fraction of sp³-hybridized carbons (Fsp3) is 0.538. The Kier molecular flexibility index (Phi) is 4.49. The Bertz CT molecular complexity index is 383. The molecule has 1 aromatic rings. The van der Waals surface area contributed by atoms with E-state index in [2.05, 4.69) is 10.3 Å². The van der Waals surface area contributed by atoms with Crippen LogP contribution in [0.2, 0.25) is 0 Å². The van der Waals surface area contributed by atoms with Gasteiger partial charge in [0.2, 0.25) is 11.8 Å². The monoisotopic (exact) mass is 236 g/mol. The van der Waals surface area contributed by atoms with Crippen molar-refractivity contribution in [2.45, 2.75) is 33.7 Å². The number of methoxy groups -OCH3 is 1. The van der Waals surface area contributed by atoms with E-state index in [0.29, 0.717) is 18.8 Å². The van der Waals surface area contributed by atoms with Crippen LogP contribution in [0.3, 0.4) is 0 Å². The molecule has 0 aliphatic rings. The molecule has 4 nitrogen and oxygen atoms in total. The van der Waals surface area contributed by atoms with Gasteiger partial charge in [0.25, 0.3) is 0 Å². The summed E-state index contributed by atoms with van der Waals surface area (Å²) in [4.78, 5) is 15.6. The minimum absolute atomic E-state index is 0.0139. The average Bonchev–Trinajstić information content (AvgIpc) is 2.24. The number of amides is 1. The van der Waals surface area contributed by atoms with Gasteiger partial charge in [-0.3, -0.25) is 4.79 Å². The van der Waals surface area contributed by atoms with Gasteiger partial charge in [0, 0.05) is 25.2 Å². The van der Waals surface area contributed by atoms with Crippen molar-refractivity contribution >= 4 is 5.91 Å². The quantitative estimate of drug-likeness (QED) is 0.871. The number of hydrogen-bond acceptors (Lipinski definition) is 3. The minimum atomic E-state index is 0.0139. The molecule has 0 saturated heterocycles. The zero-order chi connectivity index (χ0) is 12.9. The molecule has 0 radical (unpaired) electrons. The van der Waals surface area contributed by atoms with Crippen molar-refractivity contribution in [3.8, 4) is 5.88 Å². The van der Waals surface area contributed by atoms with Crippen molar-refractivity contribution in [2.75, 3.05) is 7.11 Å². The van der Waals surface area contributed by atoms with Gasteiger partial charge in [-0.1, -0.05) is 20.8 Å². The fourth-order valence-corrected chi connectivity index (χ4v) is 1.42. The maximum atomic E-state index is 11.6. The predicted octanol–water partition coefficient (Wildman–Crippen LogP) is 2.14. The third kappa shape index (κ3) is 5.33. The lowest BCUT2D eigenvalue weighted by molar-refractivity contribution is -0.122. The smallest absolute Gasteiger partial charge is 0.220 e. The van der Waals surface area contributed by atoms with Crippen LogP contribution in [0.5, 0.6) is 5.88 Å². The molecular weight excluding hydrogens is 216 g/mol. The molecule has 1 amide bonds. The molecule has 4 heteroatoms. The summed E-state index contributed by atoms with van der Waals surface area (Å²) in [6.07, 6.45) is 2.19. The average molecular weight is 236 g/mol. The highest BCUT2D eigenvalue weighted by Gasteiger charge is 2.15. The summed E-state index contributed by atoms with van der Waals surface area (Å²) in [5.74, 6) is 0.626. The summed E-state index contributed by atoms with van der Waals surface area (Å²) in [5, 5.41) is 2.88. The molecule has 0 bridgehead atoms. The highest BCUT2D eigenvalue weighted by molar-refractivity contribution is 5.76. The van der Waals surface area contributed by atoms with E-state index in [0.717, 1.165) is 5.56 Å². The summed E-state index contributed by atoms with van der Waals surface area (Å²) in [6, 6.07) is 3.68. The van der Waals surface area contributed by atoms with E-state index in [1.165, 1.54) is 0 Å². The molecule has 1 aromatic heterocycles. The third-order valence-corrected chi connectivity index (χ3v) is 2.19. The Morgan fingerprint density at radius 2 is 2.18 bits per heavy atom. The largest absolute Gasteiger partial charge is 0.481 e. The molecule has 0 aliphatic carbocycles. The molecule has 17 heavy (non-hydrogen) atoms. The first kappa shape index (κ1) is 13.5. The SMILES string of the molecule is COc1cc(CNC(=O)CC(C)(C)C)ccn1. The predicted molar refractivity (Wildman–Crippen MR) is 66.7 cm³/mol. The maximum absolute atomic E-state index is 11.6. The Hall–Kier alpha value is -1.58. The molecule has 1 rings (SSSR count). The van der Waals surface area contributed by atoms with Crippen molar-refractivity contribution in [3.63, 3.8) is 0 Å². The van der Waals surface area contributed by atoms with Gasteiger partial charge >= 0.3 is 0 Å². The fourth-order valence-electron chi connectivity index (χ4n) is 1.42. The first-order valence-electron chi connectivity index (χ1n) is 5.66. The Morgan fingerprint density at radius 3 is 2.76 bits per heavy atom. The summed E-state index contributed by atoms with van der Waals surface area (Å²) in [6.45, 7) is 6.64. The first-order chi connectivity index (χ1) is 7.90. The van der Waals surface area contributed by atoms with Crippen molar-refractivity contribution in [1.29, 1.82) is 0 Å². The van der Waals surface area contributed by atoms with E-state index in [-0.39, 0.29) is 11.3 Å². The van der Waals surface area contributed by atoms with Gasteiger partial charge < -0.3 is 10.1 Å². The zero-order valence-corrected chi connectivity index (χ0v) is 10.9. The molecule has 0 unspecified atom stereocenters. The summed E-state index contributed by atoms with van der Waals surface area (Å²) in [5.41, 5.74) is 0.999. The summed E-state index contributed by atoms with van der Waals surface area (Å²) < 4.78 is 5.02. The Labute approximate surface area is 102 Å². The number of ether oxygens (including phenoxy) is 1. The standard InChI is InChI=1S/C13H20N2O2/c1-13(2,3)8-11(16)15-9-10-5-6-14-12(7-10)17-4/h5-7H,8-9H2,1-4H3,(H,15,16). The number of carbonyl (C=O) groups excluding carboxylic acids is 1. The second-order valence-corrected chi connectivity index (χ2v) is 5.22. The number of rotatable bonds is 4. The Morgan fingerprint density at radius 1 is 1.47 bits per heavy atom. The van der Waals surface area contributed by atoms with Crippen LogP contribution in [-0.4, -0.2) is 18.0 Å². The number of carbonyl (C=O) groups is 1. The summed E-state index contributed by atoms with van der Waals surface area (Å²) in [7, 11) is 1.57. The second kappa shape index (κ2) is 5.66. The zero-order valence-electron chi connectivity index (χ0n) is 10.9. The lowest BCUT2D eigenvalue weighted by atomic mass is 9.92. The Balaban J connectivity index is 2.47. The molecule has 1 heterocycles. The van der Waals surface area contributed by atoms with Gasteiger partial charge in [-0.2, -0.15) is 0 Å². The van der Waals surface area contributed by atoms with Gasteiger partial charge in [-0.05, 0) is 17.0 Å². The van der Waals surface area contributed by atoms with Crippen LogP contribution in [0.25, 0.3) is 0 Å². The highest BCUT2D eigenvalue weighted by Crippen LogP contribution is 2.18. The number of hydrogen-bond donors (Lipinski definition) is 1. The molecule has 0 atom stereocenters. The molecule has 0 spiro atoms. The van der Waals surface area contributed by atoms with Crippen LogP contribution in [0, 0.1) is 5.41 Å². The van der Waals surface area contributed by atoms with Gasteiger partial charge in [-0.25, -0.2) is 4.98 Å². The van der Waals surface area contributed by atoms with Crippen LogP contribution < -0.4 is 10.1 Å². The van der Waals surface area contributed by atoms with Gasteiger partial charge in [0.05, 0.1) is 7.11 Å². The normalized spacial score (nSPS) is 11.1. The van der Waals surface area contributed by atoms with E-state index in [1.54, 1.807) is 13.3 Å². The maximum Gasteiger partial charge on any atom is 0.220 e. The van der Waals surface area contributed by atoms with E-state index in [9.17, 15) is 4.79 Å². The van der Waals surface area contributed by atoms with Crippen LogP contribution in [-0.2, 0) is 11.3 Å². The van der Waals surface area contributed by atoms with E-state index < -0.39 is 0 Å². The van der Waals surface area contributed by atoms with E-state index >= 15 is 0 Å². The number of nitrogens with one attached hydrogen (secondary N) is 1. The highest BCUT2D eigenvalue weighted by atomic mass is 16.5. The van der Waals surface area contributed by atoms with Crippen molar-refractivity contribution < 1.29 is 9.53 Å². The van der Waals surface area contributed by atoms with Crippen LogP contribution >= 0.6 is 0 Å². The number of pyridine rings is 1. The molecular formula is C13H20N2O2. The van der Waals surface area contributed by atoms with Crippen molar-refractivity contribution in [2.24, 2.45) is 5.41 Å². The topological polar surface area (TPSA) is 51.2 Å². The van der Waals surface area contributed by atoms with Gasteiger partial charge in [-0.15, -0.1) is 0 Å². The molecule has 0 fully saturated rings. The van der Waals surface area contributed by atoms with E-state index in [4.69, 9.17) is 4.74 Å². The van der Waals surface area contributed by atoms with Crippen LogP contribution in [0.1, 0.15) is 32.8 Å². The lowest BCUT2D eigenvalue weighted by Crippen LogP contribution is -2.27.